The van der Waals surface area contributed by atoms with Crippen molar-refractivity contribution in [1.29, 1.82) is 0 Å². The number of halogens is 1. The Morgan fingerprint density at radius 3 is 2.47 bits per heavy atom. The zero-order valence-electron chi connectivity index (χ0n) is 10.1. The summed E-state index contributed by atoms with van der Waals surface area (Å²) >= 11 is 3.19. The van der Waals surface area contributed by atoms with E-state index in [1.165, 1.54) is 0 Å². The molecule has 0 aromatic heterocycles. The van der Waals surface area contributed by atoms with Crippen LogP contribution in [0.25, 0.3) is 0 Å². The topological polar surface area (TPSA) is 54.4 Å². The molecule has 1 aromatic carbocycles. The molecular formula is C12H17BrO3S. The number of benzene rings is 1. The highest BCUT2D eigenvalue weighted by Crippen LogP contribution is 2.41. The van der Waals surface area contributed by atoms with E-state index in [0.717, 1.165) is 11.8 Å². The summed E-state index contributed by atoms with van der Waals surface area (Å²) in [6, 6.07) is 7.23. The molecule has 1 aromatic rings. The van der Waals surface area contributed by atoms with Crippen molar-refractivity contribution in [1.82, 2.24) is 0 Å². The Morgan fingerprint density at radius 1 is 1.47 bits per heavy atom. The van der Waals surface area contributed by atoms with E-state index in [1.807, 2.05) is 13.0 Å². The summed E-state index contributed by atoms with van der Waals surface area (Å²) in [5.41, 5.74) is 1.59. The number of hydrogen-bond acceptors (Lipinski definition) is 3. The number of aliphatic hydroxyl groups is 1. The highest BCUT2D eigenvalue weighted by Gasteiger charge is 2.44. The maximum atomic E-state index is 11.8. The first-order chi connectivity index (χ1) is 7.72. The first-order valence-corrected chi connectivity index (χ1v) is 8.04. The number of rotatable bonds is 4. The monoisotopic (exact) mass is 320 g/mol. The highest BCUT2D eigenvalue weighted by atomic mass is 79.9. The van der Waals surface area contributed by atoms with Crippen LogP contribution in [-0.2, 0) is 9.84 Å². The van der Waals surface area contributed by atoms with E-state index in [2.05, 4.69) is 15.9 Å². The summed E-state index contributed by atoms with van der Waals surface area (Å²) in [5, 5.41) is 10.3. The molecule has 0 heterocycles. The van der Waals surface area contributed by atoms with Gasteiger partial charge in [0, 0.05) is 6.26 Å². The van der Waals surface area contributed by atoms with Crippen LogP contribution in [0.2, 0.25) is 0 Å². The molecule has 17 heavy (non-hydrogen) atoms. The van der Waals surface area contributed by atoms with Crippen LogP contribution < -0.4 is 0 Å². The lowest BCUT2D eigenvalue weighted by atomic mass is 10.0. The van der Waals surface area contributed by atoms with Gasteiger partial charge in [-0.1, -0.05) is 52.7 Å². The van der Waals surface area contributed by atoms with E-state index in [0.29, 0.717) is 12.0 Å². The quantitative estimate of drug-likeness (QED) is 0.867. The van der Waals surface area contributed by atoms with Crippen LogP contribution in [0.15, 0.2) is 24.3 Å². The zero-order chi connectivity index (χ0) is 13.3. The van der Waals surface area contributed by atoms with Gasteiger partial charge in [-0.3, -0.25) is 0 Å². The van der Waals surface area contributed by atoms with Gasteiger partial charge in [-0.15, -0.1) is 0 Å². The lowest BCUT2D eigenvalue weighted by molar-refractivity contribution is 0.160. The van der Waals surface area contributed by atoms with Crippen LogP contribution in [0.1, 0.15) is 30.6 Å². The summed E-state index contributed by atoms with van der Waals surface area (Å²) in [7, 11) is -3.41. The third-order valence-electron chi connectivity index (χ3n) is 2.86. The zero-order valence-corrected chi connectivity index (χ0v) is 12.5. The van der Waals surface area contributed by atoms with Crippen LogP contribution in [0, 0.1) is 6.92 Å². The lowest BCUT2D eigenvalue weighted by Crippen LogP contribution is -2.37. The smallest absolute Gasteiger partial charge is 0.166 e. The van der Waals surface area contributed by atoms with Gasteiger partial charge >= 0.3 is 0 Å². The number of alkyl halides is 1. The summed E-state index contributed by atoms with van der Waals surface area (Å²) in [4.78, 5) is 0. The Morgan fingerprint density at radius 2 is 2.06 bits per heavy atom. The van der Waals surface area contributed by atoms with Gasteiger partial charge in [0.25, 0.3) is 0 Å². The van der Waals surface area contributed by atoms with Gasteiger partial charge in [0.15, 0.2) is 13.5 Å². The summed E-state index contributed by atoms with van der Waals surface area (Å²) < 4.78 is 22.2. The molecule has 3 nitrogen and oxygen atoms in total. The van der Waals surface area contributed by atoms with Crippen molar-refractivity contribution in [3.8, 4) is 0 Å². The van der Waals surface area contributed by atoms with E-state index in [4.69, 9.17) is 0 Å². The molecule has 0 unspecified atom stereocenters. The lowest BCUT2D eigenvalue weighted by Gasteiger charge is -2.30. The summed E-state index contributed by atoms with van der Waals surface area (Å²) in [6.45, 7) is 3.63. The summed E-state index contributed by atoms with van der Waals surface area (Å²) in [6.07, 6.45) is 0.341. The van der Waals surface area contributed by atoms with Crippen molar-refractivity contribution in [2.45, 2.75) is 30.0 Å². The van der Waals surface area contributed by atoms with Gasteiger partial charge in [-0.05, 0) is 18.9 Å². The first kappa shape index (κ1) is 14.7. The Balaban J connectivity index is 3.24. The molecule has 0 saturated heterocycles. The number of aryl methyl sites for hydroxylation is 1. The molecule has 0 bridgehead atoms. The van der Waals surface area contributed by atoms with Gasteiger partial charge in [0.2, 0.25) is 0 Å². The average Bonchev–Trinajstić information content (AvgIpc) is 2.25. The molecule has 0 fully saturated rings. The van der Waals surface area contributed by atoms with Crippen LogP contribution in [0.4, 0.5) is 0 Å². The maximum absolute atomic E-state index is 11.8. The fourth-order valence-electron chi connectivity index (χ4n) is 1.75. The molecule has 0 aliphatic rings. The second-order valence-corrected chi connectivity index (χ2v) is 8.44. The average molecular weight is 321 g/mol. The SMILES string of the molecule is CC[C@@](Br)([C@@H](O)c1cccc(C)c1)S(C)(=O)=O. The molecule has 0 amide bonds. The third kappa shape index (κ3) is 2.89. The number of sulfone groups is 1. The van der Waals surface area contributed by atoms with E-state index < -0.39 is 19.6 Å². The molecule has 1 N–H and O–H groups in total. The Bertz CT molecular complexity index is 498. The van der Waals surface area contributed by atoms with Gasteiger partial charge in [-0.25, -0.2) is 8.42 Å². The second kappa shape index (κ2) is 5.08. The minimum Gasteiger partial charge on any atom is -0.386 e. The fourth-order valence-corrected chi connectivity index (χ4v) is 3.08. The maximum Gasteiger partial charge on any atom is 0.166 e. The molecule has 2 atom stereocenters. The van der Waals surface area contributed by atoms with Crippen LogP contribution >= 0.6 is 15.9 Å². The van der Waals surface area contributed by atoms with Crippen molar-refractivity contribution < 1.29 is 13.5 Å². The standard InChI is InChI=1S/C12H17BrO3S/c1-4-12(13,17(3,15)16)11(14)10-7-5-6-9(2)8-10/h5-8,11,14H,4H2,1-3H3/t11-,12-/m0/s1. The minimum atomic E-state index is -3.41. The summed E-state index contributed by atoms with van der Waals surface area (Å²) in [5.74, 6) is 0. The molecule has 96 valence electrons. The van der Waals surface area contributed by atoms with Crippen molar-refractivity contribution in [3.63, 3.8) is 0 Å². The van der Waals surface area contributed by atoms with Crippen molar-refractivity contribution in [2.24, 2.45) is 0 Å². The van der Waals surface area contributed by atoms with Gasteiger partial charge in [0.05, 0.1) is 0 Å². The second-order valence-electron chi connectivity index (χ2n) is 4.23. The van der Waals surface area contributed by atoms with Crippen LogP contribution in [0.3, 0.4) is 0 Å². The molecule has 0 saturated carbocycles. The van der Waals surface area contributed by atoms with Crippen LogP contribution in [0.5, 0.6) is 0 Å². The van der Waals surface area contributed by atoms with E-state index in [1.54, 1.807) is 25.1 Å². The fraction of sp³-hybridized carbons (Fsp3) is 0.500. The minimum absolute atomic E-state index is 0.293. The van der Waals surface area contributed by atoms with E-state index >= 15 is 0 Å². The molecule has 1 rings (SSSR count). The first-order valence-electron chi connectivity index (χ1n) is 5.35. The molecule has 0 radical (unpaired) electrons. The normalized spacial score (nSPS) is 17.5. The Hall–Kier alpha value is -0.390. The third-order valence-corrected chi connectivity index (χ3v) is 7.37. The molecule has 5 heteroatoms. The van der Waals surface area contributed by atoms with E-state index in [9.17, 15) is 13.5 Å². The highest BCUT2D eigenvalue weighted by molar-refractivity contribution is 9.11. The predicted octanol–water partition coefficient (Wildman–Crippen LogP) is 2.57. The van der Waals surface area contributed by atoms with Gasteiger partial charge in [-0.2, -0.15) is 0 Å². The van der Waals surface area contributed by atoms with Gasteiger partial charge in [0.1, 0.15) is 6.10 Å². The Labute approximate surface area is 111 Å². The molecule has 0 aliphatic heterocycles. The molecular weight excluding hydrogens is 304 g/mol. The van der Waals surface area contributed by atoms with Crippen molar-refractivity contribution >= 4 is 25.8 Å². The predicted molar refractivity (Wildman–Crippen MR) is 72.9 cm³/mol. The Kier molecular flexibility index (Phi) is 4.38. The number of hydrogen-bond donors (Lipinski definition) is 1. The largest absolute Gasteiger partial charge is 0.386 e. The van der Waals surface area contributed by atoms with E-state index in [-0.39, 0.29) is 0 Å². The van der Waals surface area contributed by atoms with Crippen molar-refractivity contribution in [3.05, 3.63) is 35.4 Å². The molecule has 0 aliphatic carbocycles. The van der Waals surface area contributed by atoms with Crippen molar-refractivity contribution in [2.75, 3.05) is 6.26 Å². The van der Waals surface area contributed by atoms with Crippen LogP contribution in [-0.4, -0.2) is 23.4 Å². The molecule has 0 spiro atoms. The van der Waals surface area contributed by atoms with Gasteiger partial charge < -0.3 is 5.11 Å². The number of aliphatic hydroxyl groups excluding tert-OH is 1.